The normalized spacial score (nSPS) is 10.3. The van der Waals surface area contributed by atoms with Gasteiger partial charge in [0, 0.05) is 5.69 Å². The number of H-pyrrole nitrogens is 1. The topological polar surface area (TPSA) is 15.8 Å². The van der Waals surface area contributed by atoms with E-state index in [1.165, 1.54) is 5.69 Å². The summed E-state index contributed by atoms with van der Waals surface area (Å²) in [4.78, 5) is 3.12. The van der Waals surface area contributed by atoms with Gasteiger partial charge < -0.3 is 4.98 Å². The van der Waals surface area contributed by atoms with Gasteiger partial charge in [0.25, 0.3) is 0 Å². The molecule has 1 aromatic heterocycles. The lowest BCUT2D eigenvalue weighted by atomic mass is 10.1. The molecule has 54 valence electrons. The summed E-state index contributed by atoms with van der Waals surface area (Å²) in [7, 11) is 0. The molecule has 0 amide bonds. The molecule has 1 nitrogen and oxygen atoms in total. The average Bonchev–Trinajstić information content (AvgIpc) is 1.88. The Morgan fingerprint density at radius 3 is 2.50 bits per heavy atom. The molecule has 0 aliphatic heterocycles. The predicted octanol–water partition coefficient (Wildman–Crippen LogP) is 2.87. The molecule has 0 radical (unpaired) electrons. The minimum Gasteiger partial charge on any atom is -0.350 e. The van der Waals surface area contributed by atoms with Crippen LogP contribution in [0.4, 0.5) is 0 Å². The monoisotopic (exact) mass is 153 g/mol. The molecule has 1 rings (SSSR count). The Labute approximate surface area is 66.1 Å². The van der Waals surface area contributed by atoms with Gasteiger partial charge in [-0.25, -0.2) is 0 Å². The number of rotatable bonds is 1. The van der Waals surface area contributed by atoms with Crippen molar-refractivity contribution in [3.63, 3.8) is 0 Å². The van der Waals surface area contributed by atoms with Crippen LogP contribution in [0, 0.1) is 4.64 Å². The molecule has 0 bridgehead atoms. The van der Waals surface area contributed by atoms with Crippen LogP contribution in [0.2, 0.25) is 0 Å². The van der Waals surface area contributed by atoms with Crippen molar-refractivity contribution in [1.29, 1.82) is 0 Å². The summed E-state index contributed by atoms with van der Waals surface area (Å²) < 4.78 is 0.811. The Morgan fingerprint density at radius 2 is 2.10 bits per heavy atom. The van der Waals surface area contributed by atoms with E-state index in [2.05, 4.69) is 24.9 Å². The number of pyridine rings is 1. The number of nitrogens with one attached hydrogen (secondary N) is 1. The summed E-state index contributed by atoms with van der Waals surface area (Å²) >= 11 is 4.96. The maximum atomic E-state index is 4.96. The van der Waals surface area contributed by atoms with E-state index < -0.39 is 0 Å². The van der Waals surface area contributed by atoms with Crippen molar-refractivity contribution in [1.82, 2.24) is 4.98 Å². The fraction of sp³-hybridized carbons (Fsp3) is 0.375. The Hall–Kier alpha value is -0.630. The van der Waals surface area contributed by atoms with Crippen LogP contribution in [0.25, 0.3) is 0 Å². The van der Waals surface area contributed by atoms with Gasteiger partial charge in [0.05, 0.1) is 0 Å². The lowest BCUT2D eigenvalue weighted by Gasteiger charge is -2.02. The summed E-state index contributed by atoms with van der Waals surface area (Å²) in [5.74, 6) is 0.530. The lowest BCUT2D eigenvalue weighted by molar-refractivity contribution is 0.820. The van der Waals surface area contributed by atoms with Crippen molar-refractivity contribution in [2.24, 2.45) is 0 Å². The quantitative estimate of drug-likeness (QED) is 0.613. The van der Waals surface area contributed by atoms with Crippen molar-refractivity contribution in [2.75, 3.05) is 0 Å². The van der Waals surface area contributed by atoms with Crippen LogP contribution >= 0.6 is 12.2 Å². The highest BCUT2D eigenvalue weighted by Gasteiger charge is 1.95. The molecule has 0 fully saturated rings. The molecule has 2 heteroatoms. The molecule has 0 spiro atoms. The zero-order chi connectivity index (χ0) is 7.56. The first-order chi connectivity index (χ1) is 4.70. The molecule has 1 aromatic rings. The highest BCUT2D eigenvalue weighted by molar-refractivity contribution is 7.71. The van der Waals surface area contributed by atoms with Gasteiger partial charge in [-0.3, -0.25) is 0 Å². The summed E-state index contributed by atoms with van der Waals surface area (Å²) in [5.41, 5.74) is 1.20. The van der Waals surface area contributed by atoms with Gasteiger partial charge in [0.15, 0.2) is 0 Å². The third-order valence-electron chi connectivity index (χ3n) is 1.41. The van der Waals surface area contributed by atoms with Crippen LogP contribution in [0.15, 0.2) is 18.2 Å². The highest BCUT2D eigenvalue weighted by Crippen LogP contribution is 2.09. The van der Waals surface area contributed by atoms with Crippen molar-refractivity contribution >= 4 is 12.2 Å². The zero-order valence-corrected chi connectivity index (χ0v) is 7.03. The summed E-state index contributed by atoms with van der Waals surface area (Å²) in [6.45, 7) is 4.28. The first kappa shape index (κ1) is 7.48. The van der Waals surface area contributed by atoms with Crippen molar-refractivity contribution < 1.29 is 0 Å². The zero-order valence-electron chi connectivity index (χ0n) is 6.22. The second-order valence-electron chi connectivity index (χ2n) is 2.63. The third kappa shape index (κ3) is 1.67. The number of hydrogen-bond donors (Lipinski definition) is 1. The minimum atomic E-state index is 0.530. The predicted molar refractivity (Wildman–Crippen MR) is 45.7 cm³/mol. The summed E-state index contributed by atoms with van der Waals surface area (Å²) in [6, 6.07) is 5.93. The number of aromatic amines is 1. The standard InChI is InChI=1S/C8H11NS/c1-6(2)7-4-3-5-8(10)9-7/h3-6H,1-2H3,(H,9,10). The van der Waals surface area contributed by atoms with Crippen LogP contribution in [0.3, 0.4) is 0 Å². The average molecular weight is 153 g/mol. The van der Waals surface area contributed by atoms with Gasteiger partial charge in [0.2, 0.25) is 0 Å². The second kappa shape index (κ2) is 2.97. The van der Waals surface area contributed by atoms with Gasteiger partial charge in [-0.2, -0.15) is 0 Å². The Balaban J connectivity index is 3.07. The second-order valence-corrected chi connectivity index (χ2v) is 3.06. The van der Waals surface area contributed by atoms with Crippen LogP contribution in [-0.4, -0.2) is 4.98 Å². The first-order valence-electron chi connectivity index (χ1n) is 3.39. The van der Waals surface area contributed by atoms with Crippen LogP contribution in [0.5, 0.6) is 0 Å². The molecular weight excluding hydrogens is 142 g/mol. The fourth-order valence-electron chi connectivity index (χ4n) is 0.802. The highest BCUT2D eigenvalue weighted by atomic mass is 32.1. The van der Waals surface area contributed by atoms with Crippen molar-refractivity contribution in [3.05, 3.63) is 28.5 Å². The molecule has 0 aliphatic rings. The molecule has 0 aliphatic carbocycles. The smallest absolute Gasteiger partial charge is 0.103 e. The van der Waals surface area contributed by atoms with E-state index in [0.29, 0.717) is 5.92 Å². The van der Waals surface area contributed by atoms with Gasteiger partial charge in [-0.15, -0.1) is 0 Å². The fourth-order valence-corrected chi connectivity index (χ4v) is 0.998. The van der Waals surface area contributed by atoms with Crippen molar-refractivity contribution in [2.45, 2.75) is 19.8 Å². The molecule has 0 saturated heterocycles. The molecule has 10 heavy (non-hydrogen) atoms. The van der Waals surface area contributed by atoms with Crippen LogP contribution in [0.1, 0.15) is 25.5 Å². The largest absolute Gasteiger partial charge is 0.350 e. The van der Waals surface area contributed by atoms with E-state index in [1.807, 2.05) is 12.1 Å². The molecular formula is C8H11NS. The lowest BCUT2D eigenvalue weighted by Crippen LogP contribution is -1.90. The summed E-state index contributed by atoms with van der Waals surface area (Å²) in [6.07, 6.45) is 0. The SMILES string of the molecule is CC(C)c1cccc(=S)[nH]1. The Kier molecular flexibility index (Phi) is 2.22. The van der Waals surface area contributed by atoms with Crippen LogP contribution < -0.4 is 0 Å². The molecule has 0 aromatic carbocycles. The van der Waals surface area contributed by atoms with E-state index in [4.69, 9.17) is 12.2 Å². The Morgan fingerprint density at radius 1 is 1.40 bits per heavy atom. The maximum absolute atomic E-state index is 4.96. The summed E-state index contributed by atoms with van der Waals surface area (Å²) in [5, 5.41) is 0. The Bertz CT molecular complexity index is 262. The third-order valence-corrected chi connectivity index (χ3v) is 1.65. The maximum Gasteiger partial charge on any atom is 0.103 e. The van der Waals surface area contributed by atoms with E-state index in [0.717, 1.165) is 4.64 Å². The van der Waals surface area contributed by atoms with Gasteiger partial charge >= 0.3 is 0 Å². The van der Waals surface area contributed by atoms with Gasteiger partial charge in [-0.1, -0.05) is 32.1 Å². The number of hydrogen-bond acceptors (Lipinski definition) is 1. The van der Waals surface area contributed by atoms with E-state index in [1.54, 1.807) is 0 Å². The molecule has 1 heterocycles. The molecule has 1 N–H and O–H groups in total. The van der Waals surface area contributed by atoms with E-state index >= 15 is 0 Å². The van der Waals surface area contributed by atoms with Gasteiger partial charge in [-0.05, 0) is 18.1 Å². The van der Waals surface area contributed by atoms with E-state index in [9.17, 15) is 0 Å². The molecule has 0 saturated carbocycles. The van der Waals surface area contributed by atoms with Crippen LogP contribution in [-0.2, 0) is 0 Å². The first-order valence-corrected chi connectivity index (χ1v) is 3.80. The molecule has 0 atom stereocenters. The van der Waals surface area contributed by atoms with E-state index in [-0.39, 0.29) is 0 Å². The van der Waals surface area contributed by atoms with Gasteiger partial charge in [0.1, 0.15) is 4.64 Å². The minimum absolute atomic E-state index is 0.530. The number of aromatic nitrogens is 1. The van der Waals surface area contributed by atoms with Crippen molar-refractivity contribution in [3.8, 4) is 0 Å². The molecule has 0 unspecified atom stereocenters.